The van der Waals surface area contributed by atoms with Gasteiger partial charge in [-0.15, -0.1) is 0 Å². The fraction of sp³-hybridized carbons (Fsp3) is 0.333. The first-order valence-electron chi connectivity index (χ1n) is 6.52. The van der Waals surface area contributed by atoms with Crippen molar-refractivity contribution in [2.24, 2.45) is 0 Å². The van der Waals surface area contributed by atoms with E-state index in [9.17, 15) is 4.79 Å². The third-order valence-corrected chi connectivity index (χ3v) is 3.38. The molecule has 0 saturated carbocycles. The highest BCUT2D eigenvalue weighted by molar-refractivity contribution is 5.92. The summed E-state index contributed by atoms with van der Waals surface area (Å²) in [6, 6.07) is 12.1. The molecule has 1 amide bonds. The maximum atomic E-state index is 12.3. The van der Waals surface area contributed by atoms with Crippen LogP contribution in [-0.2, 0) is 6.42 Å². The first kappa shape index (κ1) is 13.3. The minimum atomic E-state index is -0.0136. The molecule has 0 aliphatic rings. The van der Waals surface area contributed by atoms with E-state index in [4.69, 9.17) is 0 Å². The first-order valence-corrected chi connectivity index (χ1v) is 6.52. The third kappa shape index (κ3) is 3.22. The Kier molecular flexibility index (Phi) is 4.34. The second-order valence-electron chi connectivity index (χ2n) is 4.64. The average molecular weight is 257 g/mol. The predicted molar refractivity (Wildman–Crippen MR) is 74.9 cm³/mol. The van der Waals surface area contributed by atoms with Crippen LogP contribution in [0.15, 0.2) is 42.6 Å². The molecule has 0 bridgehead atoms. The molecule has 0 spiro atoms. The van der Waals surface area contributed by atoms with Crippen LogP contribution in [0.1, 0.15) is 29.4 Å². The van der Waals surface area contributed by atoms with Gasteiger partial charge in [-0.2, -0.15) is 5.10 Å². The fourth-order valence-corrected chi connectivity index (χ4v) is 2.17. The van der Waals surface area contributed by atoms with E-state index >= 15 is 0 Å². The number of aromatic amines is 1. The molecule has 0 aliphatic carbocycles. The van der Waals surface area contributed by atoms with Crippen LogP contribution in [0.2, 0.25) is 0 Å². The molecule has 1 atom stereocenters. The molecule has 4 heteroatoms. The van der Waals surface area contributed by atoms with Gasteiger partial charge >= 0.3 is 0 Å². The van der Waals surface area contributed by atoms with Crippen molar-refractivity contribution in [1.82, 2.24) is 15.1 Å². The van der Waals surface area contributed by atoms with Crippen molar-refractivity contribution >= 4 is 5.91 Å². The number of H-pyrrole nitrogens is 1. The van der Waals surface area contributed by atoms with E-state index in [0.717, 1.165) is 12.8 Å². The maximum absolute atomic E-state index is 12.3. The lowest BCUT2D eigenvalue weighted by Gasteiger charge is -2.27. The van der Waals surface area contributed by atoms with Gasteiger partial charge in [-0.1, -0.05) is 37.3 Å². The van der Waals surface area contributed by atoms with Crippen LogP contribution in [0.3, 0.4) is 0 Å². The van der Waals surface area contributed by atoms with Crippen LogP contribution in [-0.4, -0.2) is 34.1 Å². The monoisotopic (exact) mass is 257 g/mol. The van der Waals surface area contributed by atoms with E-state index in [2.05, 4.69) is 29.3 Å². The number of nitrogens with one attached hydrogen (secondary N) is 1. The van der Waals surface area contributed by atoms with E-state index in [1.165, 1.54) is 5.56 Å². The standard InChI is InChI=1S/C15H19N3O/c1-3-13(11-12-7-5-4-6-8-12)18(2)15(19)14-9-10-16-17-14/h4-10,13H,3,11H2,1-2H3,(H,16,17)/t13-/m1/s1. The van der Waals surface area contributed by atoms with Gasteiger partial charge < -0.3 is 4.90 Å². The Morgan fingerprint density at radius 3 is 2.63 bits per heavy atom. The zero-order valence-electron chi connectivity index (χ0n) is 11.3. The third-order valence-electron chi connectivity index (χ3n) is 3.38. The molecule has 0 radical (unpaired) electrons. The van der Waals surface area contributed by atoms with Crippen LogP contribution in [0.5, 0.6) is 0 Å². The van der Waals surface area contributed by atoms with Crippen LogP contribution >= 0.6 is 0 Å². The summed E-state index contributed by atoms with van der Waals surface area (Å²) in [4.78, 5) is 14.0. The molecule has 1 aromatic carbocycles. The van der Waals surface area contributed by atoms with Gasteiger partial charge in [0.1, 0.15) is 5.69 Å². The van der Waals surface area contributed by atoms with E-state index in [-0.39, 0.29) is 11.9 Å². The average Bonchev–Trinajstić information content (AvgIpc) is 2.98. The second-order valence-corrected chi connectivity index (χ2v) is 4.64. The summed E-state index contributed by atoms with van der Waals surface area (Å²) in [5.41, 5.74) is 1.78. The normalized spacial score (nSPS) is 12.1. The molecule has 100 valence electrons. The number of likely N-dealkylation sites (N-methyl/N-ethyl adjacent to an activating group) is 1. The fourth-order valence-electron chi connectivity index (χ4n) is 2.17. The van der Waals surface area contributed by atoms with Crippen molar-refractivity contribution in [3.8, 4) is 0 Å². The maximum Gasteiger partial charge on any atom is 0.271 e. The Hall–Kier alpha value is -2.10. The van der Waals surface area contributed by atoms with Gasteiger partial charge in [-0.05, 0) is 24.5 Å². The Bertz CT molecular complexity index is 507. The van der Waals surface area contributed by atoms with Gasteiger partial charge in [0, 0.05) is 19.3 Å². The topological polar surface area (TPSA) is 49.0 Å². The molecule has 2 rings (SSSR count). The zero-order valence-corrected chi connectivity index (χ0v) is 11.3. The van der Waals surface area contributed by atoms with Gasteiger partial charge in [0.2, 0.25) is 0 Å². The number of rotatable bonds is 5. The SMILES string of the molecule is CC[C@H](Cc1ccccc1)N(C)C(=O)c1ccn[nH]1. The van der Waals surface area contributed by atoms with Gasteiger partial charge in [0.05, 0.1) is 0 Å². The molecule has 0 saturated heterocycles. The predicted octanol–water partition coefficient (Wildman–Crippen LogP) is 2.50. The molecule has 0 aliphatic heterocycles. The van der Waals surface area contributed by atoms with Crippen LogP contribution in [0.25, 0.3) is 0 Å². The number of benzene rings is 1. The van der Waals surface area contributed by atoms with Crippen LogP contribution in [0, 0.1) is 0 Å². The van der Waals surface area contributed by atoms with E-state index in [0.29, 0.717) is 5.69 Å². The highest BCUT2D eigenvalue weighted by atomic mass is 16.2. The number of amides is 1. The summed E-state index contributed by atoms with van der Waals surface area (Å²) in [6.45, 7) is 2.10. The van der Waals surface area contributed by atoms with Crippen LogP contribution in [0.4, 0.5) is 0 Å². The number of hydrogen-bond donors (Lipinski definition) is 1. The minimum absolute atomic E-state index is 0.0136. The first-order chi connectivity index (χ1) is 9.22. The molecule has 1 heterocycles. The Morgan fingerprint density at radius 2 is 2.05 bits per heavy atom. The Balaban J connectivity index is 2.07. The van der Waals surface area contributed by atoms with Crippen LogP contribution < -0.4 is 0 Å². The number of nitrogens with zero attached hydrogens (tertiary/aromatic N) is 2. The number of carbonyl (C=O) groups excluding carboxylic acids is 1. The van der Waals surface area contributed by atoms with E-state index < -0.39 is 0 Å². The molecule has 1 aromatic heterocycles. The number of carbonyl (C=O) groups is 1. The molecule has 1 N–H and O–H groups in total. The zero-order chi connectivity index (χ0) is 13.7. The minimum Gasteiger partial charge on any atom is -0.337 e. The lowest BCUT2D eigenvalue weighted by atomic mass is 10.0. The van der Waals surface area contributed by atoms with Crippen molar-refractivity contribution in [1.29, 1.82) is 0 Å². The highest BCUT2D eigenvalue weighted by Gasteiger charge is 2.20. The molecular weight excluding hydrogens is 238 g/mol. The summed E-state index contributed by atoms with van der Waals surface area (Å²) < 4.78 is 0. The Labute approximate surface area is 113 Å². The van der Waals surface area contributed by atoms with Crippen molar-refractivity contribution in [3.63, 3.8) is 0 Å². The van der Waals surface area contributed by atoms with Crippen molar-refractivity contribution < 1.29 is 4.79 Å². The molecule has 4 nitrogen and oxygen atoms in total. The van der Waals surface area contributed by atoms with Gasteiger partial charge in [0.25, 0.3) is 5.91 Å². The molecule has 0 unspecified atom stereocenters. The second kappa shape index (κ2) is 6.18. The van der Waals surface area contributed by atoms with Gasteiger partial charge in [0.15, 0.2) is 0 Å². The summed E-state index contributed by atoms with van der Waals surface area (Å²) >= 11 is 0. The number of hydrogen-bond acceptors (Lipinski definition) is 2. The van der Waals surface area contributed by atoms with Gasteiger partial charge in [-0.3, -0.25) is 9.89 Å². The van der Waals surface area contributed by atoms with Crippen molar-refractivity contribution in [2.75, 3.05) is 7.05 Å². The summed E-state index contributed by atoms with van der Waals surface area (Å²) in [5, 5.41) is 6.54. The molecule has 2 aromatic rings. The quantitative estimate of drug-likeness (QED) is 0.894. The van der Waals surface area contributed by atoms with Gasteiger partial charge in [-0.25, -0.2) is 0 Å². The summed E-state index contributed by atoms with van der Waals surface area (Å²) in [5.74, 6) is -0.0136. The molecule has 0 fully saturated rings. The molecular formula is C15H19N3O. The largest absolute Gasteiger partial charge is 0.337 e. The van der Waals surface area contributed by atoms with E-state index in [1.807, 2.05) is 25.2 Å². The van der Waals surface area contributed by atoms with Crippen molar-refractivity contribution in [2.45, 2.75) is 25.8 Å². The summed E-state index contributed by atoms with van der Waals surface area (Å²) in [6.07, 6.45) is 3.39. The molecule has 19 heavy (non-hydrogen) atoms. The summed E-state index contributed by atoms with van der Waals surface area (Å²) in [7, 11) is 1.85. The smallest absolute Gasteiger partial charge is 0.271 e. The number of aromatic nitrogens is 2. The van der Waals surface area contributed by atoms with E-state index in [1.54, 1.807) is 17.2 Å². The lowest BCUT2D eigenvalue weighted by Crippen LogP contribution is -2.38. The highest BCUT2D eigenvalue weighted by Crippen LogP contribution is 2.13. The Morgan fingerprint density at radius 1 is 1.32 bits per heavy atom. The lowest BCUT2D eigenvalue weighted by molar-refractivity contribution is 0.0721. The van der Waals surface area contributed by atoms with Crippen molar-refractivity contribution in [3.05, 3.63) is 53.9 Å².